The zero-order valence-corrected chi connectivity index (χ0v) is 10.6. The molecule has 0 radical (unpaired) electrons. The van der Waals surface area contributed by atoms with Crippen LogP contribution in [0, 0.1) is 17.6 Å². The van der Waals surface area contributed by atoms with Crippen LogP contribution in [0.1, 0.15) is 12.8 Å². The molecule has 2 N–H and O–H groups in total. The SMILES string of the molecule is O=C(O)CC1CCN(C(=O)Nc2ccc(F)c(F)c2)C1. The minimum Gasteiger partial charge on any atom is -0.481 e. The predicted molar refractivity (Wildman–Crippen MR) is 67.3 cm³/mol. The van der Waals surface area contributed by atoms with E-state index in [9.17, 15) is 18.4 Å². The smallest absolute Gasteiger partial charge is 0.321 e. The van der Waals surface area contributed by atoms with Crippen molar-refractivity contribution in [3.05, 3.63) is 29.8 Å². The van der Waals surface area contributed by atoms with Gasteiger partial charge in [-0.25, -0.2) is 13.6 Å². The predicted octanol–water partition coefficient (Wildman–Crippen LogP) is 2.29. The highest BCUT2D eigenvalue weighted by molar-refractivity contribution is 5.89. The first-order chi connectivity index (χ1) is 9.45. The third-order valence-corrected chi connectivity index (χ3v) is 3.21. The zero-order valence-electron chi connectivity index (χ0n) is 10.6. The standard InChI is InChI=1S/C13H14F2N2O3/c14-10-2-1-9(6-11(10)15)16-13(20)17-4-3-8(7-17)5-12(18)19/h1-2,6,8H,3-5,7H2,(H,16,20)(H,18,19). The molecule has 5 nitrogen and oxygen atoms in total. The average molecular weight is 284 g/mol. The fourth-order valence-corrected chi connectivity index (χ4v) is 2.21. The van der Waals surface area contributed by atoms with E-state index in [1.165, 1.54) is 11.0 Å². The van der Waals surface area contributed by atoms with Gasteiger partial charge in [0, 0.05) is 31.3 Å². The number of hydrogen-bond acceptors (Lipinski definition) is 2. The first-order valence-corrected chi connectivity index (χ1v) is 6.18. The molecule has 20 heavy (non-hydrogen) atoms. The molecule has 2 rings (SSSR count). The van der Waals surface area contributed by atoms with Crippen LogP contribution in [0.5, 0.6) is 0 Å². The van der Waals surface area contributed by atoms with Crippen LogP contribution in [0.15, 0.2) is 18.2 Å². The Morgan fingerprint density at radius 3 is 2.75 bits per heavy atom. The lowest BCUT2D eigenvalue weighted by molar-refractivity contribution is -0.138. The Bertz CT molecular complexity index is 536. The van der Waals surface area contributed by atoms with Gasteiger partial charge in [-0.05, 0) is 24.5 Å². The van der Waals surface area contributed by atoms with E-state index in [-0.39, 0.29) is 18.0 Å². The molecule has 108 valence electrons. The number of hydrogen-bond donors (Lipinski definition) is 2. The number of benzene rings is 1. The number of amides is 2. The number of likely N-dealkylation sites (tertiary alicyclic amines) is 1. The van der Waals surface area contributed by atoms with Crippen LogP contribution in [0.25, 0.3) is 0 Å². The number of nitrogens with zero attached hydrogens (tertiary/aromatic N) is 1. The first-order valence-electron chi connectivity index (χ1n) is 6.18. The molecule has 7 heteroatoms. The Morgan fingerprint density at radius 2 is 2.10 bits per heavy atom. The van der Waals surface area contributed by atoms with Crippen LogP contribution in [0.4, 0.5) is 19.3 Å². The van der Waals surface area contributed by atoms with Crippen LogP contribution < -0.4 is 5.32 Å². The maximum atomic E-state index is 13.0. The van der Waals surface area contributed by atoms with Gasteiger partial charge in [0.25, 0.3) is 0 Å². The molecule has 0 bridgehead atoms. The van der Waals surface area contributed by atoms with Crippen LogP contribution >= 0.6 is 0 Å². The maximum absolute atomic E-state index is 13.0. The lowest BCUT2D eigenvalue weighted by Crippen LogP contribution is -2.33. The van der Waals surface area contributed by atoms with Gasteiger partial charge in [0.2, 0.25) is 0 Å². The summed E-state index contributed by atoms with van der Waals surface area (Å²) >= 11 is 0. The number of aliphatic carboxylic acids is 1. The van der Waals surface area contributed by atoms with Crippen molar-refractivity contribution in [2.24, 2.45) is 5.92 Å². The highest BCUT2D eigenvalue weighted by Crippen LogP contribution is 2.21. The number of anilines is 1. The molecule has 0 aliphatic carbocycles. The summed E-state index contributed by atoms with van der Waals surface area (Å²) in [6.45, 7) is 0.801. The summed E-state index contributed by atoms with van der Waals surface area (Å²) < 4.78 is 25.8. The number of nitrogens with one attached hydrogen (secondary N) is 1. The molecular weight excluding hydrogens is 270 g/mol. The van der Waals surface area contributed by atoms with Gasteiger partial charge in [0.15, 0.2) is 11.6 Å². The highest BCUT2D eigenvalue weighted by atomic mass is 19.2. The van der Waals surface area contributed by atoms with Gasteiger partial charge in [-0.2, -0.15) is 0 Å². The average Bonchev–Trinajstić information content (AvgIpc) is 2.81. The van der Waals surface area contributed by atoms with E-state index in [2.05, 4.69) is 5.32 Å². The molecule has 1 fully saturated rings. The van der Waals surface area contributed by atoms with E-state index in [0.717, 1.165) is 12.1 Å². The number of carbonyl (C=O) groups is 2. The number of urea groups is 1. The minimum absolute atomic E-state index is 0.0228. The zero-order chi connectivity index (χ0) is 14.7. The second kappa shape index (κ2) is 5.85. The van der Waals surface area contributed by atoms with Gasteiger partial charge in [-0.1, -0.05) is 0 Å². The number of rotatable bonds is 3. The van der Waals surface area contributed by atoms with Crippen LogP contribution in [-0.2, 0) is 4.79 Å². The molecule has 2 amide bonds. The van der Waals surface area contributed by atoms with Crippen LogP contribution in [0.3, 0.4) is 0 Å². The summed E-state index contributed by atoms with van der Waals surface area (Å²) in [5, 5.41) is 11.2. The van der Waals surface area contributed by atoms with Gasteiger partial charge >= 0.3 is 12.0 Å². The third-order valence-electron chi connectivity index (χ3n) is 3.21. The molecule has 0 aromatic heterocycles. The Balaban J connectivity index is 1.92. The molecule has 0 saturated carbocycles. The molecule has 1 aromatic rings. The number of carboxylic acid groups (broad SMARTS) is 1. The molecular formula is C13H14F2N2O3. The lowest BCUT2D eigenvalue weighted by Gasteiger charge is -2.17. The van der Waals surface area contributed by atoms with Crippen LogP contribution in [-0.4, -0.2) is 35.1 Å². The van der Waals surface area contributed by atoms with E-state index in [0.29, 0.717) is 19.5 Å². The first kappa shape index (κ1) is 14.2. The summed E-state index contributed by atoms with van der Waals surface area (Å²) in [6.07, 6.45) is 0.645. The molecule has 1 unspecified atom stereocenters. The summed E-state index contributed by atoms with van der Waals surface area (Å²) in [7, 11) is 0. The summed E-state index contributed by atoms with van der Waals surface area (Å²) in [4.78, 5) is 24.0. The molecule has 1 aliphatic heterocycles. The van der Waals surface area contributed by atoms with Gasteiger partial charge in [-0.3, -0.25) is 4.79 Å². The van der Waals surface area contributed by atoms with E-state index >= 15 is 0 Å². The Kier molecular flexibility index (Phi) is 4.16. The van der Waals surface area contributed by atoms with Crippen molar-refractivity contribution < 1.29 is 23.5 Å². The molecule has 1 atom stereocenters. The molecule has 1 aliphatic rings. The Hall–Kier alpha value is -2.18. The van der Waals surface area contributed by atoms with Crippen molar-refractivity contribution >= 4 is 17.7 Å². The maximum Gasteiger partial charge on any atom is 0.321 e. The van der Waals surface area contributed by atoms with Crippen molar-refractivity contribution in [1.82, 2.24) is 4.90 Å². The number of halogens is 2. The molecule has 1 heterocycles. The van der Waals surface area contributed by atoms with E-state index < -0.39 is 23.6 Å². The summed E-state index contributed by atoms with van der Waals surface area (Å²) in [5.74, 6) is -2.97. The van der Waals surface area contributed by atoms with Gasteiger partial charge in [-0.15, -0.1) is 0 Å². The molecule has 1 saturated heterocycles. The monoisotopic (exact) mass is 284 g/mol. The fourth-order valence-electron chi connectivity index (χ4n) is 2.21. The van der Waals surface area contributed by atoms with E-state index in [1.807, 2.05) is 0 Å². The van der Waals surface area contributed by atoms with Crippen molar-refractivity contribution in [3.8, 4) is 0 Å². The Morgan fingerprint density at radius 1 is 1.35 bits per heavy atom. The largest absolute Gasteiger partial charge is 0.481 e. The third kappa shape index (κ3) is 3.43. The lowest BCUT2D eigenvalue weighted by atomic mass is 10.1. The second-order valence-corrected chi connectivity index (χ2v) is 4.76. The topological polar surface area (TPSA) is 69.6 Å². The van der Waals surface area contributed by atoms with E-state index in [4.69, 9.17) is 5.11 Å². The molecule has 1 aromatic carbocycles. The van der Waals surface area contributed by atoms with Crippen molar-refractivity contribution in [2.75, 3.05) is 18.4 Å². The van der Waals surface area contributed by atoms with Gasteiger partial charge in [0.1, 0.15) is 0 Å². The normalized spacial score (nSPS) is 18.1. The van der Waals surface area contributed by atoms with E-state index in [1.54, 1.807) is 0 Å². The van der Waals surface area contributed by atoms with Crippen LogP contribution in [0.2, 0.25) is 0 Å². The fraction of sp³-hybridized carbons (Fsp3) is 0.385. The quantitative estimate of drug-likeness (QED) is 0.894. The number of carbonyl (C=O) groups excluding carboxylic acids is 1. The second-order valence-electron chi connectivity index (χ2n) is 4.76. The summed E-state index contributed by atoms with van der Waals surface area (Å²) in [6, 6.07) is 2.66. The van der Waals surface area contributed by atoms with Gasteiger partial charge in [0.05, 0.1) is 0 Å². The summed E-state index contributed by atoms with van der Waals surface area (Å²) in [5.41, 5.74) is 0.163. The Labute approximate surface area is 114 Å². The number of carboxylic acids is 1. The van der Waals surface area contributed by atoms with Crippen molar-refractivity contribution in [2.45, 2.75) is 12.8 Å². The highest BCUT2D eigenvalue weighted by Gasteiger charge is 2.27. The minimum atomic E-state index is -1.03. The molecule has 0 spiro atoms. The van der Waals surface area contributed by atoms with Gasteiger partial charge < -0.3 is 15.3 Å². The van der Waals surface area contributed by atoms with Crippen molar-refractivity contribution in [3.63, 3.8) is 0 Å². The van der Waals surface area contributed by atoms with Crippen molar-refractivity contribution in [1.29, 1.82) is 0 Å².